The zero-order valence-electron chi connectivity index (χ0n) is 12.2. The Bertz CT molecular complexity index is 543. The van der Waals surface area contributed by atoms with Gasteiger partial charge in [-0.3, -0.25) is 9.69 Å². The summed E-state index contributed by atoms with van der Waals surface area (Å²) in [4.78, 5) is 13.9. The first-order chi connectivity index (χ1) is 9.49. The average Bonchev–Trinajstić information content (AvgIpc) is 2.89. The van der Waals surface area contributed by atoms with Crippen molar-refractivity contribution in [2.75, 3.05) is 13.1 Å². The quantitative estimate of drug-likeness (QED) is 0.900. The minimum Gasteiger partial charge on any atom is -0.349 e. The smallest absolute Gasteiger partial charge is 0.217 e. The summed E-state index contributed by atoms with van der Waals surface area (Å²) in [5.74, 6) is 0.309. The predicted octanol–water partition coefficient (Wildman–Crippen LogP) is 2.44. The molecular weight excluding hydrogens is 255 g/mol. The first-order valence-corrected chi connectivity index (χ1v) is 7.28. The minimum atomic E-state index is -0.129. The Hall–Kier alpha value is -1.42. The molecule has 1 heterocycles. The number of fused-ring (bicyclic) bond motifs is 3. The monoisotopic (exact) mass is 276 g/mol. The molecule has 1 aliphatic heterocycles. The maximum atomic E-state index is 14.2. The molecule has 1 fully saturated rings. The van der Waals surface area contributed by atoms with Crippen LogP contribution < -0.4 is 5.32 Å². The minimum absolute atomic E-state index is 0.0474. The van der Waals surface area contributed by atoms with Gasteiger partial charge < -0.3 is 5.32 Å². The first-order valence-electron chi connectivity index (χ1n) is 7.28. The van der Waals surface area contributed by atoms with Crippen molar-refractivity contribution >= 4 is 5.91 Å². The number of carbonyl (C=O) groups excluding carboxylic acids is 1. The molecule has 1 amide bonds. The number of nitrogens with one attached hydrogen (secondary N) is 1. The lowest BCUT2D eigenvalue weighted by Crippen LogP contribution is -2.34. The summed E-state index contributed by atoms with van der Waals surface area (Å²) in [6.07, 6.45) is 0. The van der Waals surface area contributed by atoms with Crippen molar-refractivity contribution in [1.82, 2.24) is 10.2 Å². The Balaban J connectivity index is 2.00. The first kappa shape index (κ1) is 13.6. The molecule has 1 aromatic rings. The van der Waals surface area contributed by atoms with E-state index < -0.39 is 0 Å². The Morgan fingerprint density at radius 2 is 2.15 bits per heavy atom. The third kappa shape index (κ3) is 2.03. The van der Waals surface area contributed by atoms with Gasteiger partial charge in [0, 0.05) is 37.9 Å². The molecule has 0 radical (unpaired) electrons. The van der Waals surface area contributed by atoms with Crippen molar-refractivity contribution in [3.05, 3.63) is 35.1 Å². The van der Waals surface area contributed by atoms with Gasteiger partial charge in [-0.1, -0.05) is 12.1 Å². The molecule has 0 unspecified atom stereocenters. The van der Waals surface area contributed by atoms with Crippen LogP contribution in [-0.2, 0) is 4.79 Å². The van der Waals surface area contributed by atoms with Gasteiger partial charge in [-0.25, -0.2) is 4.39 Å². The molecule has 0 saturated carbocycles. The summed E-state index contributed by atoms with van der Waals surface area (Å²) < 4.78 is 14.2. The molecule has 0 spiro atoms. The lowest BCUT2D eigenvalue weighted by Gasteiger charge is -2.24. The number of amides is 1. The van der Waals surface area contributed by atoms with Crippen molar-refractivity contribution in [3.8, 4) is 0 Å². The van der Waals surface area contributed by atoms with Crippen LogP contribution in [0.2, 0.25) is 0 Å². The molecule has 1 saturated heterocycles. The van der Waals surface area contributed by atoms with Crippen LogP contribution in [0.1, 0.15) is 43.9 Å². The van der Waals surface area contributed by atoms with Crippen molar-refractivity contribution in [1.29, 1.82) is 0 Å². The van der Waals surface area contributed by atoms with E-state index in [-0.39, 0.29) is 29.6 Å². The van der Waals surface area contributed by atoms with Gasteiger partial charge in [0.1, 0.15) is 5.82 Å². The summed E-state index contributed by atoms with van der Waals surface area (Å²) >= 11 is 0. The van der Waals surface area contributed by atoms with Crippen LogP contribution in [0, 0.1) is 11.7 Å². The summed E-state index contributed by atoms with van der Waals surface area (Å²) in [5.41, 5.74) is 1.79. The Morgan fingerprint density at radius 3 is 2.80 bits per heavy atom. The van der Waals surface area contributed by atoms with E-state index in [9.17, 15) is 9.18 Å². The Labute approximate surface area is 119 Å². The van der Waals surface area contributed by atoms with E-state index in [0.717, 1.165) is 24.2 Å². The molecule has 0 bridgehead atoms. The van der Waals surface area contributed by atoms with Crippen molar-refractivity contribution in [2.24, 2.45) is 5.92 Å². The number of rotatable bonds is 2. The molecule has 1 aliphatic carbocycles. The van der Waals surface area contributed by atoms with Gasteiger partial charge in [0.05, 0.1) is 6.04 Å². The fourth-order valence-electron chi connectivity index (χ4n) is 3.78. The van der Waals surface area contributed by atoms with E-state index in [4.69, 9.17) is 0 Å². The highest BCUT2D eigenvalue weighted by molar-refractivity contribution is 5.74. The highest BCUT2D eigenvalue weighted by Crippen LogP contribution is 2.50. The van der Waals surface area contributed by atoms with Crippen LogP contribution in [0.5, 0.6) is 0 Å². The highest BCUT2D eigenvalue weighted by Gasteiger charge is 2.48. The number of halogens is 1. The predicted molar refractivity (Wildman–Crippen MR) is 75.9 cm³/mol. The van der Waals surface area contributed by atoms with E-state index >= 15 is 0 Å². The summed E-state index contributed by atoms with van der Waals surface area (Å²) in [6, 6.07) is 5.63. The number of benzene rings is 1. The van der Waals surface area contributed by atoms with Crippen molar-refractivity contribution < 1.29 is 9.18 Å². The number of hydrogen-bond donors (Lipinski definition) is 1. The summed E-state index contributed by atoms with van der Waals surface area (Å²) in [7, 11) is 0. The van der Waals surface area contributed by atoms with Gasteiger partial charge in [0.2, 0.25) is 5.91 Å². The van der Waals surface area contributed by atoms with Crippen LogP contribution >= 0.6 is 0 Å². The van der Waals surface area contributed by atoms with E-state index in [2.05, 4.69) is 24.1 Å². The van der Waals surface area contributed by atoms with Crippen molar-refractivity contribution in [2.45, 2.75) is 38.8 Å². The van der Waals surface area contributed by atoms with Crippen LogP contribution in [-0.4, -0.2) is 29.9 Å². The van der Waals surface area contributed by atoms with Gasteiger partial charge in [-0.15, -0.1) is 0 Å². The molecule has 3 nitrogen and oxygen atoms in total. The number of likely N-dealkylation sites (tertiary alicyclic amines) is 1. The molecule has 3 atom stereocenters. The van der Waals surface area contributed by atoms with Gasteiger partial charge in [-0.05, 0) is 31.0 Å². The maximum Gasteiger partial charge on any atom is 0.217 e. The zero-order valence-corrected chi connectivity index (χ0v) is 12.2. The molecule has 4 heteroatoms. The van der Waals surface area contributed by atoms with Crippen LogP contribution in [0.25, 0.3) is 0 Å². The van der Waals surface area contributed by atoms with E-state index in [1.165, 1.54) is 13.0 Å². The zero-order chi connectivity index (χ0) is 14.4. The third-order valence-electron chi connectivity index (χ3n) is 4.70. The Morgan fingerprint density at radius 1 is 1.40 bits per heavy atom. The number of nitrogens with zero attached hydrogens (tertiary/aromatic N) is 1. The average molecular weight is 276 g/mol. The van der Waals surface area contributed by atoms with E-state index in [1.807, 2.05) is 6.07 Å². The fourth-order valence-corrected chi connectivity index (χ4v) is 3.78. The molecule has 1 aromatic carbocycles. The van der Waals surface area contributed by atoms with Crippen LogP contribution in [0.15, 0.2) is 18.2 Å². The largest absolute Gasteiger partial charge is 0.349 e. The van der Waals surface area contributed by atoms with E-state index in [1.54, 1.807) is 6.07 Å². The highest BCUT2D eigenvalue weighted by atomic mass is 19.1. The van der Waals surface area contributed by atoms with Crippen LogP contribution in [0.3, 0.4) is 0 Å². The fraction of sp³-hybridized carbons (Fsp3) is 0.562. The second-order valence-electron chi connectivity index (χ2n) is 6.24. The summed E-state index contributed by atoms with van der Waals surface area (Å²) in [5, 5.41) is 3.02. The molecule has 108 valence electrons. The van der Waals surface area contributed by atoms with Gasteiger partial charge in [0.25, 0.3) is 0 Å². The SMILES string of the molecule is CC(=O)N[C@H]1c2cccc(F)c2[C@H]2CN(C(C)C)C[C@H]21. The van der Waals surface area contributed by atoms with Crippen LogP contribution in [0.4, 0.5) is 4.39 Å². The molecule has 2 aliphatic rings. The van der Waals surface area contributed by atoms with E-state index in [0.29, 0.717) is 6.04 Å². The molecular formula is C16H21FN2O. The third-order valence-corrected chi connectivity index (χ3v) is 4.70. The second-order valence-corrected chi connectivity index (χ2v) is 6.24. The number of hydrogen-bond acceptors (Lipinski definition) is 2. The number of carbonyl (C=O) groups is 1. The lowest BCUT2D eigenvalue weighted by molar-refractivity contribution is -0.120. The Kier molecular flexibility index (Phi) is 3.28. The second kappa shape index (κ2) is 4.85. The molecule has 1 N–H and O–H groups in total. The van der Waals surface area contributed by atoms with Gasteiger partial charge in [0.15, 0.2) is 0 Å². The van der Waals surface area contributed by atoms with Gasteiger partial charge >= 0.3 is 0 Å². The lowest BCUT2D eigenvalue weighted by atomic mass is 9.94. The topological polar surface area (TPSA) is 32.3 Å². The maximum absolute atomic E-state index is 14.2. The van der Waals surface area contributed by atoms with Crippen molar-refractivity contribution in [3.63, 3.8) is 0 Å². The summed E-state index contributed by atoms with van der Waals surface area (Å²) in [6.45, 7) is 7.66. The molecule has 3 rings (SSSR count). The molecule has 20 heavy (non-hydrogen) atoms. The standard InChI is InChI=1S/C16H21FN2O/c1-9(2)19-7-12-13(8-19)16(18-10(3)20)11-5-4-6-14(17)15(11)12/h4-6,9,12-13,16H,7-8H2,1-3H3,(H,18,20)/t12-,13+,16-/m0/s1. The normalized spacial score (nSPS) is 28.6. The van der Waals surface area contributed by atoms with Gasteiger partial charge in [-0.2, -0.15) is 0 Å². The molecule has 0 aromatic heterocycles.